The fourth-order valence-corrected chi connectivity index (χ4v) is 2.63. The Morgan fingerprint density at radius 3 is 2.46 bits per heavy atom. The van der Waals surface area contributed by atoms with Crippen LogP contribution in [-0.2, 0) is 12.0 Å². The van der Waals surface area contributed by atoms with Crippen molar-refractivity contribution in [2.75, 3.05) is 20.8 Å². The molecule has 2 rings (SSSR count). The first-order chi connectivity index (χ1) is 11.5. The summed E-state index contributed by atoms with van der Waals surface area (Å²) in [6.07, 6.45) is 0. The topological polar surface area (TPSA) is 54.3 Å². The van der Waals surface area contributed by atoms with Gasteiger partial charge in [0, 0.05) is 18.5 Å². The number of rotatable bonds is 7. The van der Waals surface area contributed by atoms with Crippen molar-refractivity contribution in [3.8, 4) is 17.6 Å². The minimum absolute atomic E-state index is 0.0631. The number of benzene rings is 2. The van der Waals surface area contributed by atoms with E-state index in [4.69, 9.17) is 14.7 Å². The zero-order valence-electron chi connectivity index (χ0n) is 14.7. The van der Waals surface area contributed by atoms with Crippen LogP contribution in [-0.4, -0.2) is 20.8 Å². The predicted molar refractivity (Wildman–Crippen MR) is 95.4 cm³/mol. The van der Waals surface area contributed by atoms with Crippen molar-refractivity contribution in [2.24, 2.45) is 0 Å². The number of hydrogen-bond acceptors (Lipinski definition) is 4. The smallest absolute Gasteiger partial charge is 0.161 e. The molecule has 0 saturated heterocycles. The number of methoxy groups -OCH3 is 2. The van der Waals surface area contributed by atoms with Crippen molar-refractivity contribution < 1.29 is 9.47 Å². The molecule has 4 nitrogen and oxygen atoms in total. The Bertz CT molecular complexity index is 733. The largest absolute Gasteiger partial charge is 0.493 e. The Balaban J connectivity index is 2.04. The van der Waals surface area contributed by atoms with Gasteiger partial charge in [0.1, 0.15) is 0 Å². The molecule has 0 aromatic heterocycles. The van der Waals surface area contributed by atoms with Gasteiger partial charge in [-0.3, -0.25) is 0 Å². The van der Waals surface area contributed by atoms with Crippen molar-refractivity contribution in [1.29, 1.82) is 5.26 Å². The summed E-state index contributed by atoms with van der Waals surface area (Å²) in [6, 6.07) is 15.9. The molecule has 0 atom stereocenters. The number of nitrogens with one attached hydrogen (secondary N) is 1. The number of ether oxygens (including phenoxy) is 2. The number of hydrogen-bond donors (Lipinski definition) is 1. The highest BCUT2D eigenvalue weighted by molar-refractivity contribution is 5.45. The Morgan fingerprint density at radius 2 is 1.79 bits per heavy atom. The van der Waals surface area contributed by atoms with Gasteiger partial charge in [-0.25, -0.2) is 0 Å². The molecule has 0 aliphatic carbocycles. The molecule has 2 aromatic carbocycles. The summed E-state index contributed by atoms with van der Waals surface area (Å²) in [5.74, 6) is 1.48. The molecule has 1 N–H and O–H groups in total. The molecular formula is C20H24N2O2. The van der Waals surface area contributed by atoms with E-state index in [0.717, 1.165) is 30.2 Å². The third-order valence-corrected chi connectivity index (χ3v) is 4.12. The predicted octanol–water partition coefficient (Wildman–Crippen LogP) is 3.64. The number of nitrogens with zero attached hydrogens (tertiary/aromatic N) is 1. The van der Waals surface area contributed by atoms with Gasteiger partial charge in [0.15, 0.2) is 11.5 Å². The summed E-state index contributed by atoms with van der Waals surface area (Å²) >= 11 is 0. The van der Waals surface area contributed by atoms with E-state index in [1.807, 2.05) is 36.4 Å². The molecule has 0 aliphatic heterocycles. The van der Waals surface area contributed by atoms with E-state index in [0.29, 0.717) is 5.56 Å². The number of nitriles is 1. The lowest BCUT2D eigenvalue weighted by atomic mass is 9.84. The molecule has 24 heavy (non-hydrogen) atoms. The highest BCUT2D eigenvalue weighted by Crippen LogP contribution is 2.32. The minimum atomic E-state index is -0.0631. The average Bonchev–Trinajstić information content (AvgIpc) is 2.61. The lowest BCUT2D eigenvalue weighted by Crippen LogP contribution is -2.32. The summed E-state index contributed by atoms with van der Waals surface area (Å²) in [6.45, 7) is 5.91. The van der Waals surface area contributed by atoms with Crippen LogP contribution in [0.2, 0.25) is 0 Å². The van der Waals surface area contributed by atoms with Crippen molar-refractivity contribution in [3.05, 3.63) is 59.2 Å². The zero-order valence-corrected chi connectivity index (χ0v) is 14.7. The van der Waals surface area contributed by atoms with Gasteiger partial charge in [0.05, 0.1) is 25.9 Å². The fourth-order valence-electron chi connectivity index (χ4n) is 2.63. The van der Waals surface area contributed by atoms with E-state index in [9.17, 15) is 0 Å². The van der Waals surface area contributed by atoms with Crippen LogP contribution in [0.25, 0.3) is 0 Å². The second-order valence-electron chi connectivity index (χ2n) is 6.37. The average molecular weight is 324 g/mol. The van der Waals surface area contributed by atoms with Gasteiger partial charge in [-0.1, -0.05) is 32.0 Å². The van der Waals surface area contributed by atoms with E-state index in [2.05, 4.69) is 31.3 Å². The molecule has 0 radical (unpaired) electrons. The van der Waals surface area contributed by atoms with Gasteiger partial charge in [-0.2, -0.15) is 5.26 Å². The van der Waals surface area contributed by atoms with Crippen LogP contribution in [0.3, 0.4) is 0 Å². The maximum atomic E-state index is 8.97. The van der Waals surface area contributed by atoms with Crippen molar-refractivity contribution in [3.63, 3.8) is 0 Å². The molecule has 2 aromatic rings. The lowest BCUT2D eigenvalue weighted by Gasteiger charge is -2.26. The van der Waals surface area contributed by atoms with Crippen molar-refractivity contribution in [2.45, 2.75) is 25.8 Å². The van der Waals surface area contributed by atoms with Crippen LogP contribution in [0, 0.1) is 11.3 Å². The van der Waals surface area contributed by atoms with Crippen LogP contribution in [0.4, 0.5) is 0 Å². The molecule has 0 unspecified atom stereocenters. The minimum Gasteiger partial charge on any atom is -0.493 e. The second-order valence-corrected chi connectivity index (χ2v) is 6.37. The maximum absolute atomic E-state index is 8.97. The molecule has 0 saturated carbocycles. The molecule has 0 amide bonds. The quantitative estimate of drug-likeness (QED) is 0.845. The summed E-state index contributed by atoms with van der Waals surface area (Å²) in [5.41, 5.74) is 2.91. The normalized spacial score (nSPS) is 11.0. The molecule has 126 valence electrons. The molecule has 0 aliphatic rings. The van der Waals surface area contributed by atoms with Gasteiger partial charge in [-0.15, -0.1) is 0 Å². The second kappa shape index (κ2) is 7.85. The van der Waals surface area contributed by atoms with Gasteiger partial charge >= 0.3 is 0 Å². The molecule has 4 heteroatoms. The van der Waals surface area contributed by atoms with E-state index >= 15 is 0 Å². The van der Waals surface area contributed by atoms with Gasteiger partial charge in [0.25, 0.3) is 0 Å². The van der Waals surface area contributed by atoms with Crippen LogP contribution < -0.4 is 14.8 Å². The highest BCUT2D eigenvalue weighted by Gasteiger charge is 2.21. The summed E-state index contributed by atoms with van der Waals surface area (Å²) in [4.78, 5) is 0. The van der Waals surface area contributed by atoms with Gasteiger partial charge in [-0.05, 0) is 35.4 Å². The zero-order chi connectivity index (χ0) is 17.6. The first-order valence-corrected chi connectivity index (χ1v) is 7.92. The maximum Gasteiger partial charge on any atom is 0.161 e. The Morgan fingerprint density at radius 1 is 1.04 bits per heavy atom. The van der Waals surface area contributed by atoms with E-state index in [-0.39, 0.29) is 5.41 Å². The van der Waals surface area contributed by atoms with Gasteiger partial charge < -0.3 is 14.8 Å². The Labute approximate surface area is 144 Å². The standard InChI is InChI=1S/C20H24N2O2/c1-20(2,17-8-9-18(23-3)19(11-17)24-4)14-22-13-16-7-5-6-15(10-16)12-21/h5-11,22H,13-14H2,1-4H3. The molecule has 0 spiro atoms. The first-order valence-electron chi connectivity index (χ1n) is 7.92. The summed E-state index contributed by atoms with van der Waals surface area (Å²) < 4.78 is 10.7. The summed E-state index contributed by atoms with van der Waals surface area (Å²) in [5, 5.41) is 12.4. The van der Waals surface area contributed by atoms with E-state index in [1.54, 1.807) is 14.2 Å². The Kier molecular flexibility index (Phi) is 5.83. The van der Waals surface area contributed by atoms with E-state index in [1.165, 1.54) is 5.56 Å². The third kappa shape index (κ3) is 4.27. The Hall–Kier alpha value is -2.51. The van der Waals surface area contributed by atoms with Crippen LogP contribution in [0.15, 0.2) is 42.5 Å². The monoisotopic (exact) mass is 324 g/mol. The third-order valence-electron chi connectivity index (χ3n) is 4.12. The molecular weight excluding hydrogens is 300 g/mol. The summed E-state index contributed by atoms with van der Waals surface area (Å²) in [7, 11) is 3.29. The lowest BCUT2D eigenvalue weighted by molar-refractivity contribution is 0.353. The fraction of sp³-hybridized carbons (Fsp3) is 0.350. The van der Waals surface area contributed by atoms with Crippen LogP contribution in [0.5, 0.6) is 11.5 Å². The highest BCUT2D eigenvalue weighted by atomic mass is 16.5. The van der Waals surface area contributed by atoms with Crippen molar-refractivity contribution in [1.82, 2.24) is 5.32 Å². The molecule has 0 heterocycles. The van der Waals surface area contributed by atoms with Crippen LogP contribution >= 0.6 is 0 Å². The first kappa shape index (κ1) is 17.8. The van der Waals surface area contributed by atoms with E-state index < -0.39 is 0 Å². The SMILES string of the molecule is COc1ccc(C(C)(C)CNCc2cccc(C#N)c2)cc1OC. The van der Waals surface area contributed by atoms with Crippen LogP contribution in [0.1, 0.15) is 30.5 Å². The molecule has 0 fully saturated rings. The van der Waals surface area contributed by atoms with Crippen molar-refractivity contribution >= 4 is 0 Å². The van der Waals surface area contributed by atoms with Gasteiger partial charge in [0.2, 0.25) is 0 Å². The molecule has 0 bridgehead atoms.